The van der Waals surface area contributed by atoms with Gasteiger partial charge in [0.1, 0.15) is 23.3 Å². The molecule has 0 bridgehead atoms. The number of hydrogen-bond donors (Lipinski definition) is 1. The maximum Gasteiger partial charge on any atom is 0.253 e. The van der Waals surface area contributed by atoms with Crippen LogP contribution < -0.4 is 5.73 Å². The number of rotatable bonds is 6. The maximum atomic E-state index is 13.6. The van der Waals surface area contributed by atoms with Gasteiger partial charge < -0.3 is 15.4 Å². The van der Waals surface area contributed by atoms with E-state index in [2.05, 4.69) is 15.9 Å². The van der Waals surface area contributed by atoms with E-state index in [0.29, 0.717) is 35.6 Å². The minimum atomic E-state index is -0.726. The molecule has 0 aliphatic carbocycles. The highest BCUT2D eigenvalue weighted by Gasteiger charge is 2.41. The Hall–Kier alpha value is -3.56. The Labute approximate surface area is 210 Å². The molecule has 1 fully saturated rings. The van der Waals surface area contributed by atoms with Crippen LogP contribution in [0.15, 0.2) is 77.3 Å². The number of hydrogen-bond acceptors (Lipinski definition) is 5. The lowest BCUT2D eigenvalue weighted by Crippen LogP contribution is -2.32. The maximum absolute atomic E-state index is 13.6. The molecule has 5 rings (SSSR count). The molecule has 2 atom stereocenters. The lowest BCUT2D eigenvalue weighted by atomic mass is 10.1. The van der Waals surface area contributed by atoms with E-state index in [9.17, 15) is 9.18 Å². The van der Waals surface area contributed by atoms with Crippen molar-refractivity contribution in [2.24, 2.45) is 0 Å². The largest absolute Gasteiger partial charge is 0.399 e. The third-order valence-electron chi connectivity index (χ3n) is 5.92. The van der Waals surface area contributed by atoms with Crippen molar-refractivity contribution in [2.45, 2.75) is 25.7 Å². The summed E-state index contributed by atoms with van der Waals surface area (Å²) < 4.78 is 20.7. The van der Waals surface area contributed by atoms with Crippen LogP contribution in [0.4, 0.5) is 10.1 Å². The summed E-state index contributed by atoms with van der Waals surface area (Å²) in [5, 5.41) is 9.44. The number of benzene rings is 3. The zero-order chi connectivity index (χ0) is 24.5. The first kappa shape index (κ1) is 23.2. The van der Waals surface area contributed by atoms with Crippen molar-refractivity contribution >= 4 is 27.5 Å². The molecule has 3 aromatic carbocycles. The van der Waals surface area contributed by atoms with Crippen molar-refractivity contribution in [1.82, 2.24) is 19.9 Å². The van der Waals surface area contributed by atoms with Gasteiger partial charge in [-0.3, -0.25) is 4.79 Å². The first-order valence-corrected chi connectivity index (χ1v) is 12.0. The highest BCUT2D eigenvalue weighted by molar-refractivity contribution is 9.10. The molecule has 35 heavy (non-hydrogen) atoms. The lowest BCUT2D eigenvalue weighted by molar-refractivity contribution is -0.130. The van der Waals surface area contributed by atoms with Gasteiger partial charge >= 0.3 is 0 Å². The van der Waals surface area contributed by atoms with Gasteiger partial charge in [0.2, 0.25) is 0 Å². The van der Waals surface area contributed by atoms with Crippen LogP contribution in [-0.2, 0) is 16.0 Å². The van der Waals surface area contributed by atoms with Crippen LogP contribution in [0.2, 0.25) is 0 Å². The number of carbonyl (C=O) groups excluding carboxylic acids is 1. The molecule has 9 heteroatoms. The number of carbonyl (C=O) groups is 1. The summed E-state index contributed by atoms with van der Waals surface area (Å²) in [4.78, 5) is 16.2. The Morgan fingerprint density at radius 3 is 2.37 bits per heavy atom. The van der Waals surface area contributed by atoms with E-state index in [4.69, 9.17) is 20.7 Å². The molecule has 2 N–H and O–H groups in total. The van der Waals surface area contributed by atoms with Crippen LogP contribution in [0, 0.1) is 5.82 Å². The summed E-state index contributed by atoms with van der Waals surface area (Å²) in [5.41, 5.74) is 9.99. The van der Waals surface area contributed by atoms with Crippen molar-refractivity contribution in [3.05, 3.63) is 94.3 Å². The number of nitrogen functional groups attached to an aromatic ring is 1. The Morgan fingerprint density at radius 1 is 1.00 bits per heavy atom. The molecular formula is C26H23BrFN5O2. The minimum Gasteiger partial charge on any atom is -0.399 e. The molecule has 1 amide bonds. The van der Waals surface area contributed by atoms with E-state index in [1.165, 1.54) is 16.9 Å². The van der Waals surface area contributed by atoms with E-state index in [1.807, 2.05) is 48.5 Å². The molecule has 2 heterocycles. The second kappa shape index (κ2) is 9.59. The Bertz CT molecular complexity index is 1340. The second-order valence-electron chi connectivity index (χ2n) is 8.36. The number of halogens is 2. The number of nitrogens with two attached hydrogens (primary N) is 1. The highest BCUT2D eigenvalue weighted by Crippen LogP contribution is 2.36. The van der Waals surface area contributed by atoms with Crippen LogP contribution >= 0.6 is 15.9 Å². The summed E-state index contributed by atoms with van der Waals surface area (Å²) in [6.07, 6.45) is -0.716. The van der Waals surface area contributed by atoms with Crippen molar-refractivity contribution < 1.29 is 13.9 Å². The SMILES string of the molecule is C[C@@H]1O[C@@H](c2nn(-c3ccc(Br)cc3)nc2-c2ccc(F)cc2)N(CCc2ccc(N)cc2)C1=O. The molecule has 0 spiro atoms. The summed E-state index contributed by atoms with van der Waals surface area (Å²) in [6.45, 7) is 2.17. The molecule has 7 nitrogen and oxygen atoms in total. The van der Waals surface area contributed by atoms with Gasteiger partial charge in [0.05, 0.1) is 5.69 Å². The van der Waals surface area contributed by atoms with Crippen LogP contribution in [0.1, 0.15) is 24.4 Å². The predicted octanol–water partition coefficient (Wildman–Crippen LogP) is 4.91. The van der Waals surface area contributed by atoms with Crippen molar-refractivity contribution in [3.8, 4) is 16.9 Å². The number of nitrogens with zero attached hydrogens (tertiary/aromatic N) is 4. The van der Waals surface area contributed by atoms with Gasteiger partial charge in [-0.25, -0.2) is 4.39 Å². The van der Waals surface area contributed by atoms with Crippen LogP contribution in [0.3, 0.4) is 0 Å². The van der Waals surface area contributed by atoms with E-state index in [-0.39, 0.29) is 11.7 Å². The van der Waals surface area contributed by atoms with Gasteiger partial charge in [0.25, 0.3) is 5.91 Å². The monoisotopic (exact) mass is 535 g/mol. The third kappa shape index (κ3) is 4.82. The molecule has 1 saturated heterocycles. The molecule has 1 aromatic heterocycles. The standard InChI is InChI=1S/C26H23BrFN5O2/c1-16-25(34)32(15-14-17-2-10-21(29)11-3-17)26(35-16)24-23(18-4-8-20(28)9-5-18)30-33(31-24)22-12-6-19(27)7-13-22/h2-13,16,26H,14-15,29H2,1H3/t16-,26-/m0/s1. The topological polar surface area (TPSA) is 86.3 Å². The normalized spacial score (nSPS) is 17.8. The summed E-state index contributed by atoms with van der Waals surface area (Å²) in [6, 6.07) is 21.2. The second-order valence-corrected chi connectivity index (χ2v) is 9.28. The van der Waals surface area contributed by atoms with Gasteiger partial charge in [-0.05, 0) is 79.6 Å². The van der Waals surface area contributed by atoms with Gasteiger partial charge in [-0.1, -0.05) is 28.1 Å². The van der Waals surface area contributed by atoms with Crippen LogP contribution in [-0.4, -0.2) is 38.4 Å². The zero-order valence-corrected chi connectivity index (χ0v) is 20.5. The van der Waals surface area contributed by atoms with Gasteiger partial charge in [-0.2, -0.15) is 4.80 Å². The molecule has 1 aliphatic rings. The van der Waals surface area contributed by atoms with Crippen LogP contribution in [0.5, 0.6) is 0 Å². The Balaban J connectivity index is 1.53. The fourth-order valence-electron chi connectivity index (χ4n) is 4.03. The summed E-state index contributed by atoms with van der Waals surface area (Å²) in [7, 11) is 0. The summed E-state index contributed by atoms with van der Waals surface area (Å²) in [5.74, 6) is -0.463. The Kier molecular flexibility index (Phi) is 6.36. The van der Waals surface area contributed by atoms with E-state index in [0.717, 1.165) is 15.7 Å². The zero-order valence-electron chi connectivity index (χ0n) is 18.9. The fraction of sp³-hybridized carbons (Fsp3) is 0.192. The molecule has 4 aromatic rings. The average molecular weight is 536 g/mol. The number of amides is 1. The average Bonchev–Trinajstić information content (AvgIpc) is 3.41. The third-order valence-corrected chi connectivity index (χ3v) is 6.45. The predicted molar refractivity (Wildman–Crippen MR) is 134 cm³/mol. The minimum absolute atomic E-state index is 0.117. The van der Waals surface area contributed by atoms with Crippen molar-refractivity contribution in [1.29, 1.82) is 0 Å². The van der Waals surface area contributed by atoms with E-state index < -0.39 is 12.3 Å². The molecule has 0 unspecified atom stereocenters. The first-order chi connectivity index (χ1) is 16.9. The van der Waals surface area contributed by atoms with Crippen LogP contribution in [0.25, 0.3) is 16.9 Å². The number of aromatic nitrogens is 3. The quantitative estimate of drug-likeness (QED) is 0.354. The van der Waals surface area contributed by atoms with Gasteiger partial charge in [-0.15, -0.1) is 10.2 Å². The fourth-order valence-corrected chi connectivity index (χ4v) is 4.30. The molecular weight excluding hydrogens is 513 g/mol. The Morgan fingerprint density at radius 2 is 1.69 bits per heavy atom. The smallest absolute Gasteiger partial charge is 0.253 e. The van der Waals surface area contributed by atoms with Crippen molar-refractivity contribution in [3.63, 3.8) is 0 Å². The number of ether oxygens (including phenoxy) is 1. The number of anilines is 1. The molecule has 0 radical (unpaired) electrons. The molecule has 178 valence electrons. The van der Waals surface area contributed by atoms with Gasteiger partial charge in [0, 0.05) is 22.3 Å². The summed E-state index contributed by atoms with van der Waals surface area (Å²) >= 11 is 3.44. The highest BCUT2D eigenvalue weighted by atomic mass is 79.9. The molecule has 0 saturated carbocycles. The lowest BCUT2D eigenvalue weighted by Gasteiger charge is -2.22. The van der Waals surface area contributed by atoms with Gasteiger partial charge in [0.15, 0.2) is 6.23 Å². The first-order valence-electron chi connectivity index (χ1n) is 11.2. The molecule has 1 aliphatic heterocycles. The van der Waals surface area contributed by atoms with E-state index >= 15 is 0 Å². The van der Waals surface area contributed by atoms with Crippen molar-refractivity contribution in [2.75, 3.05) is 12.3 Å². The van der Waals surface area contributed by atoms with E-state index in [1.54, 1.807) is 24.0 Å².